The summed E-state index contributed by atoms with van der Waals surface area (Å²) in [6.45, 7) is 1.88. The summed E-state index contributed by atoms with van der Waals surface area (Å²) < 4.78 is 0. The molecule has 0 spiro atoms. The van der Waals surface area contributed by atoms with Crippen LogP contribution in [-0.2, 0) is 13.0 Å². The summed E-state index contributed by atoms with van der Waals surface area (Å²) in [5.74, 6) is 0. The molecule has 1 aliphatic heterocycles. The molecule has 0 amide bonds. The predicted octanol–water partition coefficient (Wildman–Crippen LogP) is 0.480. The van der Waals surface area contributed by atoms with Crippen molar-refractivity contribution in [2.45, 2.75) is 18.0 Å². The fraction of sp³-hybridized carbons (Fsp3) is 0.556. The summed E-state index contributed by atoms with van der Waals surface area (Å²) in [6.07, 6.45) is 2.87. The van der Waals surface area contributed by atoms with Crippen LogP contribution in [0, 0.1) is 0 Å². The third kappa shape index (κ3) is 1.69. The quantitative estimate of drug-likeness (QED) is 0.542. The van der Waals surface area contributed by atoms with Gasteiger partial charge in [0.05, 0.1) is 0 Å². The van der Waals surface area contributed by atoms with E-state index in [1.807, 2.05) is 6.26 Å². The number of nitrogens with zero attached hydrogens (tertiary/aromatic N) is 2. The number of likely N-dealkylation sites (N-methyl/N-ethyl adjacent to an activating group) is 1. The maximum atomic E-state index is 11.2. The van der Waals surface area contributed by atoms with E-state index in [1.165, 1.54) is 5.56 Å². The Hall–Kier alpha value is -0.810. The fourth-order valence-corrected chi connectivity index (χ4v) is 2.33. The first kappa shape index (κ1) is 9.73. The Morgan fingerprint density at radius 3 is 3.07 bits per heavy atom. The Balaban J connectivity index is 2.52. The van der Waals surface area contributed by atoms with Gasteiger partial charge in [-0.15, -0.1) is 11.8 Å². The summed E-state index contributed by atoms with van der Waals surface area (Å²) in [5, 5.41) is 0.871. The summed E-state index contributed by atoms with van der Waals surface area (Å²) in [7, 11) is 2.08. The third-order valence-corrected chi connectivity index (χ3v) is 3.17. The number of H-pyrrole nitrogens is 1. The second-order valence-corrected chi connectivity index (χ2v) is 4.29. The van der Waals surface area contributed by atoms with Crippen molar-refractivity contribution in [2.24, 2.45) is 0 Å². The minimum atomic E-state index is -0.224. The molecule has 1 aromatic rings. The largest absolute Gasteiger partial charge is 0.346 e. The third-order valence-electron chi connectivity index (χ3n) is 2.45. The molecule has 0 saturated carbocycles. The molecule has 0 saturated heterocycles. The number of thioether (sulfide) groups is 1. The maximum absolute atomic E-state index is 11.2. The van der Waals surface area contributed by atoms with Gasteiger partial charge in [-0.1, -0.05) is 0 Å². The molecule has 4 nitrogen and oxygen atoms in total. The van der Waals surface area contributed by atoms with Crippen molar-refractivity contribution in [3.63, 3.8) is 0 Å². The van der Waals surface area contributed by atoms with Crippen molar-refractivity contribution in [2.75, 3.05) is 19.8 Å². The van der Waals surface area contributed by atoms with Crippen LogP contribution in [0.1, 0.15) is 11.3 Å². The number of aromatic nitrogens is 2. The normalized spacial score (nSPS) is 16.7. The lowest BCUT2D eigenvalue weighted by atomic mass is 10.1. The van der Waals surface area contributed by atoms with Crippen molar-refractivity contribution >= 4 is 11.8 Å². The van der Waals surface area contributed by atoms with Gasteiger partial charge in [0.1, 0.15) is 5.03 Å². The van der Waals surface area contributed by atoms with Crippen LogP contribution in [0.15, 0.2) is 9.82 Å². The van der Waals surface area contributed by atoms with Crippen LogP contribution >= 0.6 is 11.8 Å². The number of hydrogen-bond acceptors (Lipinski definition) is 4. The minimum absolute atomic E-state index is 0.224. The Bertz CT molecular complexity index is 381. The van der Waals surface area contributed by atoms with Gasteiger partial charge in [-0.2, -0.15) is 4.98 Å². The topological polar surface area (TPSA) is 49.0 Å². The molecule has 0 radical (unpaired) electrons. The standard InChI is InChI=1S/C9H13N3OS/c1-12-4-3-7-6(5-12)8(14-2)11-9(13)10-7/h3-5H2,1-2H3,(H,10,11,13). The van der Waals surface area contributed by atoms with Gasteiger partial charge in [-0.05, 0) is 13.3 Å². The number of rotatable bonds is 1. The van der Waals surface area contributed by atoms with Gasteiger partial charge in [0, 0.05) is 30.8 Å². The number of hydrogen-bond donors (Lipinski definition) is 1. The van der Waals surface area contributed by atoms with E-state index in [2.05, 4.69) is 21.9 Å². The highest BCUT2D eigenvalue weighted by atomic mass is 32.2. The van der Waals surface area contributed by atoms with E-state index >= 15 is 0 Å². The molecule has 1 aliphatic rings. The first-order valence-corrected chi connectivity index (χ1v) is 5.78. The van der Waals surface area contributed by atoms with E-state index in [1.54, 1.807) is 11.8 Å². The molecular weight excluding hydrogens is 198 g/mol. The van der Waals surface area contributed by atoms with Crippen molar-refractivity contribution in [1.82, 2.24) is 14.9 Å². The zero-order valence-corrected chi connectivity index (χ0v) is 9.15. The van der Waals surface area contributed by atoms with Crippen LogP contribution in [0.25, 0.3) is 0 Å². The second kappa shape index (κ2) is 3.74. The lowest BCUT2D eigenvalue weighted by Gasteiger charge is -2.25. The van der Waals surface area contributed by atoms with Crippen molar-refractivity contribution in [1.29, 1.82) is 0 Å². The van der Waals surface area contributed by atoms with Crippen LogP contribution in [0.3, 0.4) is 0 Å². The summed E-state index contributed by atoms with van der Waals surface area (Å²) in [5.41, 5.74) is 2.02. The highest BCUT2D eigenvalue weighted by Gasteiger charge is 2.18. The van der Waals surface area contributed by atoms with Gasteiger partial charge in [0.25, 0.3) is 0 Å². The van der Waals surface area contributed by atoms with Gasteiger partial charge in [0.15, 0.2) is 0 Å². The van der Waals surface area contributed by atoms with Crippen LogP contribution < -0.4 is 5.69 Å². The predicted molar refractivity (Wildman–Crippen MR) is 56.7 cm³/mol. The first-order chi connectivity index (χ1) is 6.70. The van der Waals surface area contributed by atoms with Gasteiger partial charge < -0.3 is 9.88 Å². The monoisotopic (exact) mass is 211 g/mol. The van der Waals surface area contributed by atoms with E-state index in [9.17, 15) is 4.79 Å². The summed E-state index contributed by atoms with van der Waals surface area (Å²) in [6, 6.07) is 0. The highest BCUT2D eigenvalue weighted by Crippen LogP contribution is 2.23. The molecule has 0 bridgehead atoms. The lowest BCUT2D eigenvalue weighted by Crippen LogP contribution is -2.30. The van der Waals surface area contributed by atoms with Gasteiger partial charge >= 0.3 is 5.69 Å². The van der Waals surface area contributed by atoms with E-state index in [0.717, 1.165) is 30.2 Å². The molecule has 0 aliphatic carbocycles. The molecular formula is C9H13N3OS. The Morgan fingerprint density at radius 2 is 2.36 bits per heavy atom. The molecule has 14 heavy (non-hydrogen) atoms. The number of aromatic amines is 1. The van der Waals surface area contributed by atoms with E-state index in [4.69, 9.17) is 0 Å². The van der Waals surface area contributed by atoms with Crippen LogP contribution in [0.4, 0.5) is 0 Å². The average molecular weight is 211 g/mol. The summed E-state index contributed by atoms with van der Waals surface area (Å²) >= 11 is 1.54. The molecule has 2 heterocycles. The molecule has 1 aromatic heterocycles. The maximum Gasteiger partial charge on any atom is 0.346 e. The zero-order valence-electron chi connectivity index (χ0n) is 8.33. The molecule has 2 rings (SSSR count). The van der Waals surface area contributed by atoms with E-state index < -0.39 is 0 Å². The Kier molecular flexibility index (Phi) is 2.60. The molecule has 0 aromatic carbocycles. The van der Waals surface area contributed by atoms with Crippen LogP contribution in [0.5, 0.6) is 0 Å². The summed E-state index contributed by atoms with van der Waals surface area (Å²) in [4.78, 5) is 20.2. The SMILES string of the molecule is CSc1nc(=O)[nH]c2c1CN(C)CC2. The number of nitrogens with one attached hydrogen (secondary N) is 1. The van der Waals surface area contributed by atoms with Gasteiger partial charge in [-0.3, -0.25) is 0 Å². The Morgan fingerprint density at radius 1 is 1.57 bits per heavy atom. The van der Waals surface area contributed by atoms with Crippen molar-refractivity contribution in [3.8, 4) is 0 Å². The van der Waals surface area contributed by atoms with E-state index in [-0.39, 0.29) is 5.69 Å². The zero-order chi connectivity index (χ0) is 10.1. The molecule has 76 valence electrons. The lowest BCUT2D eigenvalue weighted by molar-refractivity contribution is 0.304. The fourth-order valence-electron chi connectivity index (χ4n) is 1.72. The van der Waals surface area contributed by atoms with Crippen molar-refractivity contribution < 1.29 is 0 Å². The van der Waals surface area contributed by atoms with Crippen LogP contribution in [-0.4, -0.2) is 34.7 Å². The molecule has 0 fully saturated rings. The smallest absolute Gasteiger partial charge is 0.309 e. The molecule has 1 N–H and O–H groups in total. The van der Waals surface area contributed by atoms with Crippen LogP contribution in [0.2, 0.25) is 0 Å². The van der Waals surface area contributed by atoms with Gasteiger partial charge in [0.2, 0.25) is 0 Å². The molecule has 0 atom stereocenters. The van der Waals surface area contributed by atoms with Crippen molar-refractivity contribution in [3.05, 3.63) is 21.7 Å². The minimum Gasteiger partial charge on any atom is -0.309 e. The average Bonchev–Trinajstić information content (AvgIpc) is 2.17. The molecule has 0 unspecified atom stereocenters. The van der Waals surface area contributed by atoms with Gasteiger partial charge in [-0.25, -0.2) is 4.79 Å². The van der Waals surface area contributed by atoms with E-state index in [0.29, 0.717) is 0 Å². The highest BCUT2D eigenvalue weighted by molar-refractivity contribution is 7.98. The first-order valence-electron chi connectivity index (χ1n) is 4.55. The molecule has 5 heteroatoms. The Labute approximate surface area is 86.7 Å². The number of fused-ring (bicyclic) bond motifs is 1. The second-order valence-electron chi connectivity index (χ2n) is 3.50.